The third-order valence-corrected chi connectivity index (χ3v) is 5.99. The quantitative estimate of drug-likeness (QED) is 0.697. The molecule has 4 rings (SSSR count). The van der Waals surface area contributed by atoms with Crippen LogP contribution < -0.4 is 9.47 Å². The first-order valence-corrected chi connectivity index (χ1v) is 9.71. The Morgan fingerprint density at radius 3 is 1.79 bits per heavy atom. The summed E-state index contributed by atoms with van der Waals surface area (Å²) < 4.78 is 10.9. The number of benzene rings is 2. The van der Waals surface area contributed by atoms with E-state index < -0.39 is 5.41 Å². The first-order chi connectivity index (χ1) is 14.2. The van der Waals surface area contributed by atoms with Crippen LogP contribution in [0.3, 0.4) is 0 Å². The maximum Gasteiger partial charge on any atom is 0.119 e. The predicted octanol–water partition coefficient (Wildman–Crippen LogP) is 5.10. The average Bonchev–Trinajstić information content (AvgIpc) is 3.39. The van der Waals surface area contributed by atoms with Gasteiger partial charge >= 0.3 is 0 Å². The summed E-state index contributed by atoms with van der Waals surface area (Å²) in [6, 6.07) is 16.9. The molecule has 4 heteroatoms. The van der Waals surface area contributed by atoms with Crippen LogP contribution in [0.2, 0.25) is 0 Å². The van der Waals surface area contributed by atoms with E-state index in [4.69, 9.17) is 9.47 Å². The van der Waals surface area contributed by atoms with Crippen molar-refractivity contribution in [2.24, 2.45) is 5.41 Å². The van der Waals surface area contributed by atoms with Crippen molar-refractivity contribution < 1.29 is 9.47 Å². The number of rotatable bonds is 6. The lowest BCUT2D eigenvalue weighted by molar-refractivity contribution is 0.414. The lowest BCUT2D eigenvalue weighted by Crippen LogP contribution is -2.22. The Balaban J connectivity index is 1.88. The highest BCUT2D eigenvalue weighted by molar-refractivity contribution is 5.94. The molecular formula is C25H22N2O2. The lowest BCUT2D eigenvalue weighted by atomic mass is 9.68. The molecule has 0 atom stereocenters. The molecule has 0 unspecified atom stereocenters. The first kappa shape index (κ1) is 18.8. The zero-order valence-electron chi connectivity index (χ0n) is 16.7. The molecule has 144 valence electrons. The van der Waals surface area contributed by atoms with Gasteiger partial charge in [0.1, 0.15) is 16.9 Å². The minimum absolute atomic E-state index is 0.306. The Bertz CT molecular complexity index is 1040. The monoisotopic (exact) mass is 382 g/mol. The van der Waals surface area contributed by atoms with E-state index in [0.717, 1.165) is 46.6 Å². The van der Waals surface area contributed by atoms with E-state index in [0.29, 0.717) is 12.8 Å². The topological polar surface area (TPSA) is 66.0 Å². The number of nitriles is 2. The molecule has 0 bridgehead atoms. The van der Waals surface area contributed by atoms with Crippen molar-refractivity contribution in [1.29, 1.82) is 10.5 Å². The summed E-state index contributed by atoms with van der Waals surface area (Å²) in [5.41, 5.74) is 5.52. The Kier molecular flexibility index (Phi) is 4.87. The largest absolute Gasteiger partial charge is 0.497 e. The number of allylic oxidation sites excluding steroid dienone is 4. The first-order valence-electron chi connectivity index (χ1n) is 9.71. The van der Waals surface area contributed by atoms with Gasteiger partial charge in [0.2, 0.25) is 0 Å². The van der Waals surface area contributed by atoms with Crippen molar-refractivity contribution in [3.63, 3.8) is 0 Å². The molecule has 0 aromatic heterocycles. The summed E-state index contributed by atoms with van der Waals surface area (Å²) >= 11 is 0. The number of fused-ring (bicyclic) bond motifs is 2. The summed E-state index contributed by atoms with van der Waals surface area (Å²) in [5.74, 6) is 1.54. The molecule has 2 aliphatic carbocycles. The van der Waals surface area contributed by atoms with Crippen LogP contribution in [0.1, 0.15) is 35.1 Å². The van der Waals surface area contributed by atoms with Crippen molar-refractivity contribution in [3.05, 3.63) is 70.8 Å². The minimum atomic E-state index is -0.884. The maximum absolute atomic E-state index is 10.5. The van der Waals surface area contributed by atoms with Gasteiger partial charge in [0, 0.05) is 6.42 Å². The molecule has 2 aliphatic rings. The van der Waals surface area contributed by atoms with Crippen LogP contribution >= 0.6 is 0 Å². The van der Waals surface area contributed by atoms with Crippen LogP contribution in [0.25, 0.3) is 11.1 Å². The molecule has 0 aliphatic heterocycles. The van der Waals surface area contributed by atoms with Gasteiger partial charge in [-0.15, -0.1) is 0 Å². The number of hydrogen-bond donors (Lipinski definition) is 0. The van der Waals surface area contributed by atoms with Gasteiger partial charge in [0.05, 0.1) is 26.4 Å². The molecule has 0 heterocycles. The summed E-state index contributed by atoms with van der Waals surface area (Å²) in [4.78, 5) is 0. The average molecular weight is 382 g/mol. The summed E-state index contributed by atoms with van der Waals surface area (Å²) in [5, 5.41) is 19.9. The predicted molar refractivity (Wildman–Crippen MR) is 112 cm³/mol. The molecule has 0 saturated heterocycles. The third kappa shape index (κ3) is 2.98. The summed E-state index contributed by atoms with van der Waals surface area (Å²) in [7, 11) is 3.30. The molecule has 2 aromatic carbocycles. The molecule has 0 N–H and O–H groups in total. The second kappa shape index (κ2) is 7.49. The highest BCUT2D eigenvalue weighted by Gasteiger charge is 2.43. The normalized spacial score (nSPS) is 14.2. The van der Waals surface area contributed by atoms with Crippen molar-refractivity contribution in [1.82, 2.24) is 0 Å². The zero-order valence-corrected chi connectivity index (χ0v) is 16.7. The Labute approximate surface area is 171 Å². The van der Waals surface area contributed by atoms with Crippen LogP contribution in [0.15, 0.2) is 48.6 Å². The van der Waals surface area contributed by atoms with Gasteiger partial charge in [-0.25, -0.2) is 0 Å². The molecule has 0 radical (unpaired) electrons. The summed E-state index contributed by atoms with van der Waals surface area (Å²) in [6.07, 6.45) is 6.60. The third-order valence-electron chi connectivity index (χ3n) is 5.99. The van der Waals surface area contributed by atoms with Gasteiger partial charge in [-0.05, 0) is 76.9 Å². The molecule has 0 spiro atoms. The summed E-state index contributed by atoms with van der Waals surface area (Å²) in [6.45, 7) is 0. The lowest BCUT2D eigenvalue weighted by Gasteiger charge is -2.31. The van der Waals surface area contributed by atoms with E-state index in [9.17, 15) is 10.5 Å². The molecular weight excluding hydrogens is 360 g/mol. The maximum atomic E-state index is 10.5. The Morgan fingerprint density at radius 1 is 0.862 bits per heavy atom. The second-order valence-electron chi connectivity index (χ2n) is 7.37. The molecule has 0 fully saturated rings. The van der Waals surface area contributed by atoms with Gasteiger partial charge in [-0.1, -0.05) is 24.3 Å². The molecule has 0 amide bonds. The number of nitrogens with zero attached hydrogens (tertiary/aromatic N) is 2. The van der Waals surface area contributed by atoms with Crippen molar-refractivity contribution in [2.75, 3.05) is 14.2 Å². The molecule has 4 nitrogen and oxygen atoms in total. The van der Waals surface area contributed by atoms with Crippen LogP contribution in [-0.2, 0) is 12.8 Å². The Hall–Kier alpha value is -3.50. The number of hydrogen-bond acceptors (Lipinski definition) is 4. The fraction of sp³-hybridized carbons (Fsp3) is 0.280. The van der Waals surface area contributed by atoms with Gasteiger partial charge in [0.25, 0.3) is 0 Å². The van der Waals surface area contributed by atoms with Crippen LogP contribution in [0, 0.1) is 28.1 Å². The van der Waals surface area contributed by atoms with Gasteiger partial charge in [0.15, 0.2) is 0 Å². The SMILES string of the molecule is COc1ccc2c(c1)C(C(C#N)(CCC#N)C1=CCc3ccc(OC)cc31)=CC2. The molecule has 29 heavy (non-hydrogen) atoms. The van der Waals surface area contributed by atoms with Gasteiger partial charge < -0.3 is 9.47 Å². The van der Waals surface area contributed by atoms with Crippen LogP contribution in [0.4, 0.5) is 0 Å². The minimum Gasteiger partial charge on any atom is -0.497 e. The molecule has 2 aromatic rings. The van der Waals surface area contributed by atoms with Gasteiger partial charge in [-0.3, -0.25) is 0 Å². The molecule has 0 saturated carbocycles. The number of ether oxygens (including phenoxy) is 2. The van der Waals surface area contributed by atoms with E-state index in [1.807, 2.05) is 24.3 Å². The van der Waals surface area contributed by atoms with E-state index in [1.165, 1.54) is 11.1 Å². The van der Waals surface area contributed by atoms with E-state index in [-0.39, 0.29) is 0 Å². The second-order valence-corrected chi connectivity index (χ2v) is 7.37. The Morgan fingerprint density at radius 2 is 1.38 bits per heavy atom. The standard InChI is InChI=1S/C25H22N2O2/c1-28-19-8-4-17-6-10-23(21(17)14-19)25(16-27,12-3-13-26)24-11-7-18-5-9-20(29-2)15-22(18)24/h4-5,8-11,14-15H,3,6-7,12H2,1-2H3. The van der Waals surface area contributed by atoms with Crippen LogP contribution in [0.5, 0.6) is 11.5 Å². The van der Waals surface area contributed by atoms with Gasteiger partial charge in [-0.2, -0.15) is 10.5 Å². The van der Waals surface area contributed by atoms with E-state index >= 15 is 0 Å². The van der Waals surface area contributed by atoms with Crippen molar-refractivity contribution in [2.45, 2.75) is 25.7 Å². The fourth-order valence-electron chi connectivity index (χ4n) is 4.51. The zero-order chi connectivity index (χ0) is 20.4. The van der Waals surface area contributed by atoms with Crippen molar-refractivity contribution in [3.8, 4) is 23.6 Å². The fourth-order valence-corrected chi connectivity index (χ4v) is 4.51. The van der Waals surface area contributed by atoms with Crippen LogP contribution in [-0.4, -0.2) is 14.2 Å². The smallest absolute Gasteiger partial charge is 0.119 e. The highest BCUT2D eigenvalue weighted by atomic mass is 16.5. The number of methoxy groups -OCH3 is 2. The van der Waals surface area contributed by atoms with E-state index in [2.05, 4.69) is 36.4 Å². The highest BCUT2D eigenvalue weighted by Crippen LogP contribution is 2.54. The van der Waals surface area contributed by atoms with E-state index in [1.54, 1.807) is 14.2 Å². The van der Waals surface area contributed by atoms with Crippen molar-refractivity contribution >= 4 is 11.1 Å².